The number of hydrogen-bond donors (Lipinski definition) is 2. The molecule has 76 heavy (non-hydrogen) atoms. The van der Waals surface area contributed by atoms with Gasteiger partial charge in [0.1, 0.15) is 0 Å². The van der Waals surface area contributed by atoms with E-state index in [1.807, 2.05) is 24.3 Å². The number of nitrogen functional groups attached to an aromatic ring is 2. The summed E-state index contributed by atoms with van der Waals surface area (Å²) in [7, 11) is 0. The van der Waals surface area contributed by atoms with Crippen LogP contribution in [0.5, 0.6) is 0 Å². The second-order valence-corrected chi connectivity index (χ2v) is 19.9. The summed E-state index contributed by atoms with van der Waals surface area (Å²) in [5.41, 5.74) is 35.8. The summed E-state index contributed by atoms with van der Waals surface area (Å²) in [4.78, 5) is 34.6. The molecule has 2 unspecified atom stereocenters. The van der Waals surface area contributed by atoms with Crippen LogP contribution in [-0.2, 0) is 51.4 Å². The Hall–Kier alpha value is -8.24. The van der Waals surface area contributed by atoms with Crippen LogP contribution in [0.25, 0.3) is 10.8 Å². The summed E-state index contributed by atoms with van der Waals surface area (Å²) in [5.74, 6) is -0.442. The zero-order valence-corrected chi connectivity index (χ0v) is 45.1. The Balaban J connectivity index is 1.25. The number of nitrogens with zero attached hydrogens (tertiary/aromatic N) is 4. The molecule has 0 amide bonds. The zero-order chi connectivity index (χ0) is 53.9. The maximum absolute atomic E-state index is 11.9. The highest BCUT2D eigenvalue weighted by atomic mass is 16.6. The van der Waals surface area contributed by atoms with Crippen LogP contribution in [0.15, 0.2) is 143 Å². The molecular weight excluding hydrogens is 941 g/mol. The minimum Gasteiger partial charge on any atom is -0.398 e. The summed E-state index contributed by atoms with van der Waals surface area (Å²) in [6, 6.07) is 44.8. The number of rotatable bonds is 18. The van der Waals surface area contributed by atoms with E-state index >= 15 is 0 Å². The zero-order valence-electron chi connectivity index (χ0n) is 45.1. The van der Waals surface area contributed by atoms with Crippen LogP contribution in [0.2, 0.25) is 0 Å². The van der Waals surface area contributed by atoms with Crippen molar-refractivity contribution in [2.24, 2.45) is 9.98 Å². The van der Waals surface area contributed by atoms with Crippen molar-refractivity contribution in [3.63, 3.8) is 0 Å². The van der Waals surface area contributed by atoms with E-state index in [2.05, 4.69) is 140 Å². The smallest absolute Gasteiger partial charge is 0.269 e. The van der Waals surface area contributed by atoms with Crippen molar-refractivity contribution in [3.8, 4) is 0 Å². The Morgan fingerprint density at radius 2 is 0.671 bits per heavy atom. The standard InChI is InChI=1S/C66H68N6O4/c1-9-39-31-50(32-40(10-2)61(39)67)58(48-23-27-54(28-24-48)71(73)74)52-35-43(13-5)63(44(14-6)36-52)69-65-56-21-17-19-47-20-18-22-57(60(47)56)66(65)70-64-45(15-7)37-53(38-46(64)16-8)59(49-25-29-55(30-26-49)72(75)76)51-33-41(11-3)62(68)42(12-4)34-51/h17-38,58-59H,9-16,67-68H2,1-8H3. The van der Waals surface area contributed by atoms with E-state index in [-0.39, 0.29) is 33.1 Å². The minimum atomic E-state index is -0.350. The summed E-state index contributed by atoms with van der Waals surface area (Å²) in [5, 5.41) is 26.0. The highest BCUT2D eigenvalue weighted by Crippen LogP contribution is 2.44. The van der Waals surface area contributed by atoms with Crippen LogP contribution in [0.4, 0.5) is 34.1 Å². The van der Waals surface area contributed by atoms with Crippen LogP contribution in [0.3, 0.4) is 0 Å². The molecule has 2 atom stereocenters. The average molecular weight is 1010 g/mol. The molecule has 0 saturated carbocycles. The van der Waals surface area contributed by atoms with Crippen LogP contribution in [0, 0.1) is 20.2 Å². The second-order valence-electron chi connectivity index (χ2n) is 19.9. The van der Waals surface area contributed by atoms with E-state index in [1.165, 1.54) is 0 Å². The van der Waals surface area contributed by atoms with Crippen molar-refractivity contribution in [1.82, 2.24) is 0 Å². The quantitative estimate of drug-likeness (QED) is 0.0376. The molecule has 0 saturated heterocycles. The van der Waals surface area contributed by atoms with Gasteiger partial charge in [-0.3, -0.25) is 20.2 Å². The van der Waals surface area contributed by atoms with Gasteiger partial charge in [0.05, 0.1) is 32.6 Å². The Labute approximate surface area is 447 Å². The van der Waals surface area contributed by atoms with Crippen LogP contribution in [-0.4, -0.2) is 21.3 Å². The maximum Gasteiger partial charge on any atom is 0.269 e. The van der Waals surface area contributed by atoms with Gasteiger partial charge in [0.15, 0.2) is 0 Å². The van der Waals surface area contributed by atoms with Gasteiger partial charge >= 0.3 is 0 Å². The molecule has 0 aliphatic heterocycles. The number of nitrogens with two attached hydrogens (primary N) is 2. The molecule has 9 rings (SSSR count). The first-order valence-corrected chi connectivity index (χ1v) is 27.1. The predicted molar refractivity (Wildman–Crippen MR) is 314 cm³/mol. The number of non-ortho nitro benzene ring substituents is 2. The molecule has 0 spiro atoms. The first-order valence-electron chi connectivity index (χ1n) is 27.1. The van der Waals surface area contributed by atoms with E-state index in [9.17, 15) is 20.2 Å². The fourth-order valence-electron chi connectivity index (χ4n) is 11.6. The first kappa shape index (κ1) is 52.6. The van der Waals surface area contributed by atoms with Gasteiger partial charge in [-0.1, -0.05) is 165 Å². The predicted octanol–water partition coefficient (Wildman–Crippen LogP) is 15.9. The second kappa shape index (κ2) is 22.3. The van der Waals surface area contributed by atoms with Crippen molar-refractivity contribution in [2.75, 3.05) is 11.5 Å². The van der Waals surface area contributed by atoms with Crippen molar-refractivity contribution in [3.05, 3.63) is 243 Å². The summed E-state index contributed by atoms with van der Waals surface area (Å²) in [6.45, 7) is 17.2. The van der Waals surface area contributed by atoms with Crippen LogP contribution in [0.1, 0.15) is 156 Å². The molecule has 386 valence electrons. The lowest BCUT2D eigenvalue weighted by Crippen LogP contribution is -2.12. The average Bonchev–Trinajstić information content (AvgIpc) is 3.75. The first-order chi connectivity index (χ1) is 36.8. The third-order valence-electron chi connectivity index (χ3n) is 15.7. The lowest BCUT2D eigenvalue weighted by Gasteiger charge is -2.24. The lowest BCUT2D eigenvalue weighted by atomic mass is 9.81. The largest absolute Gasteiger partial charge is 0.398 e. The number of aryl methyl sites for hydroxylation is 8. The Kier molecular flexibility index (Phi) is 15.4. The molecule has 1 aliphatic rings. The summed E-state index contributed by atoms with van der Waals surface area (Å²) >= 11 is 0. The van der Waals surface area contributed by atoms with Gasteiger partial charge in [-0.2, -0.15) is 0 Å². The van der Waals surface area contributed by atoms with E-state index < -0.39 is 0 Å². The third kappa shape index (κ3) is 9.80. The van der Waals surface area contributed by atoms with Gasteiger partial charge in [0, 0.05) is 64.0 Å². The Morgan fingerprint density at radius 3 is 0.934 bits per heavy atom. The molecule has 10 nitrogen and oxygen atoms in total. The number of benzene rings is 8. The van der Waals surface area contributed by atoms with Crippen molar-refractivity contribution >= 4 is 56.3 Å². The van der Waals surface area contributed by atoms with Crippen molar-refractivity contribution in [1.29, 1.82) is 0 Å². The van der Waals surface area contributed by atoms with E-state index in [0.29, 0.717) is 0 Å². The third-order valence-corrected chi connectivity index (χ3v) is 15.7. The van der Waals surface area contributed by atoms with Crippen LogP contribution >= 0.6 is 0 Å². The molecule has 0 fully saturated rings. The van der Waals surface area contributed by atoms with E-state index in [4.69, 9.17) is 21.5 Å². The maximum atomic E-state index is 11.9. The van der Waals surface area contributed by atoms with Gasteiger partial charge in [-0.15, -0.1) is 0 Å². The van der Waals surface area contributed by atoms with Gasteiger partial charge in [0.2, 0.25) is 0 Å². The van der Waals surface area contributed by atoms with Crippen molar-refractivity contribution in [2.45, 2.75) is 119 Å². The molecule has 8 aromatic rings. The van der Waals surface area contributed by atoms with Gasteiger partial charge < -0.3 is 11.5 Å². The molecule has 0 heterocycles. The van der Waals surface area contributed by atoms with Gasteiger partial charge in [-0.25, -0.2) is 9.98 Å². The normalized spacial score (nSPS) is 13.9. The SMILES string of the molecule is CCc1cc(C(c2ccc([N+](=O)[O-])cc2)c2cc(CC)c(N=C3C(=Nc4c(CC)cc(C(c5ccc([N+](=O)[O-])cc5)c5cc(CC)c(N)c(CC)c5)cc4CC)c4cccc5cccc3c45)c(CC)c2)cc(CC)c1N. The minimum absolute atomic E-state index is 0.0525. The summed E-state index contributed by atoms with van der Waals surface area (Å²) < 4.78 is 0. The Morgan fingerprint density at radius 1 is 0.395 bits per heavy atom. The summed E-state index contributed by atoms with van der Waals surface area (Å²) in [6.07, 6.45) is 6.01. The fourth-order valence-corrected chi connectivity index (χ4v) is 11.6. The molecule has 1 aliphatic carbocycles. The molecule has 4 N–H and O–H groups in total. The van der Waals surface area contributed by atoms with E-state index in [0.717, 1.165) is 185 Å². The fraction of sp³-hybridized carbons (Fsp3) is 0.273. The number of nitro benzene ring substituents is 2. The Bertz CT molecular complexity index is 3280. The number of aliphatic imine (C=N–C) groups is 2. The highest BCUT2D eigenvalue weighted by Gasteiger charge is 2.31. The molecular formula is C66H68N6O4. The highest BCUT2D eigenvalue weighted by molar-refractivity contribution is 6.61. The number of hydrogen-bond acceptors (Lipinski definition) is 8. The van der Waals surface area contributed by atoms with E-state index in [1.54, 1.807) is 24.3 Å². The molecule has 8 aromatic carbocycles. The topological polar surface area (TPSA) is 163 Å². The number of anilines is 2. The molecule has 10 heteroatoms. The van der Waals surface area contributed by atoms with Crippen molar-refractivity contribution < 1.29 is 9.85 Å². The van der Waals surface area contributed by atoms with Gasteiger partial charge in [-0.05, 0) is 135 Å². The molecule has 0 bridgehead atoms. The van der Waals surface area contributed by atoms with Crippen LogP contribution < -0.4 is 11.5 Å². The molecule has 0 radical (unpaired) electrons. The number of nitro groups is 2. The van der Waals surface area contributed by atoms with Gasteiger partial charge in [0.25, 0.3) is 11.4 Å². The molecule has 0 aromatic heterocycles. The lowest BCUT2D eigenvalue weighted by molar-refractivity contribution is -0.385. The monoisotopic (exact) mass is 1010 g/mol.